The van der Waals surface area contributed by atoms with E-state index in [4.69, 9.17) is 4.42 Å². The molecule has 0 aliphatic rings. The molecule has 0 aliphatic heterocycles. The summed E-state index contributed by atoms with van der Waals surface area (Å²) in [5.74, 6) is 3.91. The minimum Gasteiger partial charge on any atom is -0.464 e. The van der Waals surface area contributed by atoms with Crippen LogP contribution in [0.3, 0.4) is 0 Å². The van der Waals surface area contributed by atoms with Gasteiger partial charge < -0.3 is 15.1 Å². The molecule has 2 N–H and O–H groups in total. The van der Waals surface area contributed by atoms with Crippen molar-refractivity contribution in [3.63, 3.8) is 0 Å². The van der Waals surface area contributed by atoms with Gasteiger partial charge >= 0.3 is 0 Å². The van der Waals surface area contributed by atoms with Crippen LogP contribution in [0.5, 0.6) is 0 Å². The van der Waals surface area contributed by atoms with Crippen LogP contribution in [0.25, 0.3) is 0 Å². The second kappa shape index (κ2) is 11.3. The SMILES string of the molecule is CN=C(NCCCCSC)NC(C)c1ccc(C)o1.I. The van der Waals surface area contributed by atoms with Gasteiger partial charge in [-0.15, -0.1) is 24.0 Å². The maximum Gasteiger partial charge on any atom is 0.191 e. The van der Waals surface area contributed by atoms with Crippen molar-refractivity contribution < 1.29 is 4.42 Å². The number of rotatable bonds is 7. The van der Waals surface area contributed by atoms with Gasteiger partial charge in [0.15, 0.2) is 5.96 Å². The Morgan fingerprint density at radius 2 is 2.15 bits per heavy atom. The van der Waals surface area contributed by atoms with Crippen LogP contribution in [0.1, 0.15) is 37.3 Å². The molecule has 1 rings (SSSR count). The van der Waals surface area contributed by atoms with Crippen LogP contribution in [-0.2, 0) is 0 Å². The number of guanidine groups is 1. The zero-order valence-electron chi connectivity index (χ0n) is 12.7. The fourth-order valence-electron chi connectivity index (χ4n) is 1.74. The summed E-state index contributed by atoms with van der Waals surface area (Å²) >= 11 is 1.89. The largest absolute Gasteiger partial charge is 0.464 e. The van der Waals surface area contributed by atoms with Gasteiger partial charge in [-0.05, 0) is 50.8 Å². The maximum absolute atomic E-state index is 5.60. The van der Waals surface area contributed by atoms with Crippen molar-refractivity contribution in [1.82, 2.24) is 10.6 Å². The van der Waals surface area contributed by atoms with E-state index >= 15 is 0 Å². The second-order valence-electron chi connectivity index (χ2n) is 4.51. The molecule has 0 aliphatic carbocycles. The molecular formula is C14H26IN3OS. The molecule has 0 spiro atoms. The highest BCUT2D eigenvalue weighted by Crippen LogP contribution is 2.15. The lowest BCUT2D eigenvalue weighted by Gasteiger charge is -2.16. The van der Waals surface area contributed by atoms with Gasteiger partial charge in [-0.2, -0.15) is 11.8 Å². The van der Waals surface area contributed by atoms with E-state index in [0.717, 1.165) is 30.4 Å². The molecule has 0 aromatic carbocycles. The number of aryl methyl sites for hydroxylation is 1. The lowest BCUT2D eigenvalue weighted by molar-refractivity contribution is 0.441. The molecule has 0 amide bonds. The van der Waals surface area contributed by atoms with Crippen LogP contribution in [-0.4, -0.2) is 31.6 Å². The average molecular weight is 411 g/mol. The zero-order valence-corrected chi connectivity index (χ0v) is 15.9. The van der Waals surface area contributed by atoms with Crippen LogP contribution in [0.2, 0.25) is 0 Å². The molecular weight excluding hydrogens is 385 g/mol. The normalized spacial score (nSPS) is 12.7. The molecule has 116 valence electrons. The number of furan rings is 1. The molecule has 1 heterocycles. The van der Waals surface area contributed by atoms with Crippen LogP contribution < -0.4 is 10.6 Å². The van der Waals surface area contributed by atoms with Crippen LogP contribution in [0, 0.1) is 6.92 Å². The molecule has 0 saturated carbocycles. The van der Waals surface area contributed by atoms with Crippen molar-refractivity contribution in [2.75, 3.05) is 25.6 Å². The summed E-state index contributed by atoms with van der Waals surface area (Å²) in [6.45, 7) is 4.97. The minimum absolute atomic E-state index is 0. The molecule has 0 fully saturated rings. The first-order valence-electron chi connectivity index (χ1n) is 6.69. The number of hydrogen-bond acceptors (Lipinski definition) is 3. The van der Waals surface area contributed by atoms with Gasteiger partial charge in [0.25, 0.3) is 0 Å². The molecule has 4 nitrogen and oxygen atoms in total. The number of hydrogen-bond donors (Lipinski definition) is 2. The number of halogens is 1. The fourth-order valence-corrected chi connectivity index (χ4v) is 2.23. The van der Waals surface area contributed by atoms with E-state index < -0.39 is 0 Å². The number of unbranched alkanes of at least 4 members (excludes halogenated alkanes) is 1. The summed E-state index contributed by atoms with van der Waals surface area (Å²) in [6.07, 6.45) is 4.54. The molecule has 0 radical (unpaired) electrons. The second-order valence-corrected chi connectivity index (χ2v) is 5.50. The van der Waals surface area contributed by atoms with Crippen LogP contribution in [0.15, 0.2) is 21.5 Å². The highest BCUT2D eigenvalue weighted by molar-refractivity contribution is 14.0. The van der Waals surface area contributed by atoms with Gasteiger partial charge in [0.05, 0.1) is 6.04 Å². The Balaban J connectivity index is 0.00000361. The predicted molar refractivity (Wildman–Crippen MR) is 99.4 cm³/mol. The Morgan fingerprint density at radius 1 is 1.40 bits per heavy atom. The monoisotopic (exact) mass is 411 g/mol. The van der Waals surface area contributed by atoms with Gasteiger partial charge in [-0.1, -0.05) is 0 Å². The lowest BCUT2D eigenvalue weighted by Crippen LogP contribution is -2.39. The third-order valence-corrected chi connectivity index (χ3v) is 3.53. The average Bonchev–Trinajstić information content (AvgIpc) is 2.83. The Labute approximate surface area is 143 Å². The molecule has 1 aromatic rings. The first-order chi connectivity index (χ1) is 9.17. The van der Waals surface area contributed by atoms with Gasteiger partial charge in [0, 0.05) is 13.6 Å². The molecule has 6 heteroatoms. The van der Waals surface area contributed by atoms with E-state index in [-0.39, 0.29) is 30.0 Å². The molecule has 0 bridgehead atoms. The molecule has 1 aromatic heterocycles. The van der Waals surface area contributed by atoms with Crippen LogP contribution >= 0.6 is 35.7 Å². The molecule has 20 heavy (non-hydrogen) atoms. The van der Waals surface area contributed by atoms with Crippen molar-refractivity contribution in [2.45, 2.75) is 32.7 Å². The first kappa shape index (κ1) is 19.6. The standard InChI is InChI=1S/C14H25N3OS.HI/c1-11-7-8-13(18-11)12(2)17-14(15-3)16-9-5-6-10-19-4;/h7-8,12H,5-6,9-10H2,1-4H3,(H2,15,16,17);1H. The van der Waals surface area contributed by atoms with Gasteiger partial charge in [0.2, 0.25) is 0 Å². The smallest absolute Gasteiger partial charge is 0.191 e. The number of nitrogens with zero attached hydrogens (tertiary/aromatic N) is 1. The Hall–Kier alpha value is -0.370. The number of aliphatic imine (C=N–C) groups is 1. The summed E-state index contributed by atoms with van der Waals surface area (Å²) in [5, 5.41) is 6.65. The van der Waals surface area contributed by atoms with Gasteiger partial charge in [-0.3, -0.25) is 4.99 Å². The van der Waals surface area contributed by atoms with E-state index in [2.05, 4.69) is 28.8 Å². The van der Waals surface area contributed by atoms with Crippen molar-refractivity contribution in [1.29, 1.82) is 0 Å². The summed E-state index contributed by atoms with van der Waals surface area (Å²) in [5.41, 5.74) is 0. The Morgan fingerprint density at radius 3 is 2.70 bits per heavy atom. The third kappa shape index (κ3) is 7.42. The van der Waals surface area contributed by atoms with Crippen LogP contribution in [0.4, 0.5) is 0 Å². The summed E-state index contributed by atoms with van der Waals surface area (Å²) in [4.78, 5) is 4.23. The summed E-state index contributed by atoms with van der Waals surface area (Å²) < 4.78 is 5.60. The van der Waals surface area contributed by atoms with Crippen molar-refractivity contribution in [3.05, 3.63) is 23.7 Å². The fraction of sp³-hybridized carbons (Fsp3) is 0.643. The quantitative estimate of drug-likeness (QED) is 0.312. The van der Waals surface area contributed by atoms with E-state index in [1.807, 2.05) is 30.8 Å². The van der Waals surface area contributed by atoms with Gasteiger partial charge in [0.1, 0.15) is 11.5 Å². The zero-order chi connectivity index (χ0) is 14.1. The topological polar surface area (TPSA) is 49.6 Å². The summed E-state index contributed by atoms with van der Waals surface area (Å²) in [6, 6.07) is 4.09. The highest BCUT2D eigenvalue weighted by Gasteiger charge is 2.10. The Kier molecular flexibility index (Phi) is 11.1. The van der Waals surface area contributed by atoms with E-state index in [0.29, 0.717) is 0 Å². The highest BCUT2D eigenvalue weighted by atomic mass is 127. The minimum atomic E-state index is 0. The predicted octanol–water partition coefficient (Wildman–Crippen LogP) is 3.58. The molecule has 1 unspecified atom stereocenters. The Bertz CT molecular complexity index is 396. The summed E-state index contributed by atoms with van der Waals surface area (Å²) in [7, 11) is 1.79. The van der Waals surface area contributed by atoms with Gasteiger partial charge in [-0.25, -0.2) is 0 Å². The van der Waals surface area contributed by atoms with Crippen molar-refractivity contribution in [2.24, 2.45) is 4.99 Å². The third-order valence-electron chi connectivity index (χ3n) is 2.83. The van der Waals surface area contributed by atoms with Crippen molar-refractivity contribution in [3.8, 4) is 0 Å². The molecule has 1 atom stereocenters. The van der Waals surface area contributed by atoms with Crippen molar-refractivity contribution >= 4 is 41.7 Å². The number of nitrogens with one attached hydrogen (secondary N) is 2. The first-order valence-corrected chi connectivity index (χ1v) is 8.09. The van der Waals surface area contributed by atoms with E-state index in [1.165, 1.54) is 12.2 Å². The number of thioether (sulfide) groups is 1. The van der Waals surface area contributed by atoms with E-state index in [9.17, 15) is 0 Å². The molecule has 0 saturated heterocycles. The maximum atomic E-state index is 5.60. The van der Waals surface area contributed by atoms with E-state index in [1.54, 1.807) is 7.05 Å². The lowest BCUT2D eigenvalue weighted by atomic mass is 10.2.